The minimum absolute atomic E-state index is 0.118. The Morgan fingerprint density at radius 2 is 2.05 bits per heavy atom. The van der Waals surface area contributed by atoms with E-state index < -0.39 is 0 Å². The molecule has 1 amide bonds. The standard InChI is InChI=1S/C14H9Cl2IN2O2/c15-10-4-9(13(20)12(16)6-10)7-18-19-14(21)8-2-1-3-11(17)5-8/h1-7,20H,(H,19,21)/b18-7+. The Kier molecular flexibility index (Phi) is 5.44. The van der Waals surface area contributed by atoms with E-state index in [1.807, 2.05) is 6.07 Å². The molecule has 7 heteroatoms. The van der Waals surface area contributed by atoms with Gasteiger partial charge in [0.2, 0.25) is 0 Å². The number of halogens is 3. The zero-order valence-corrected chi connectivity index (χ0v) is 14.1. The fourth-order valence-corrected chi connectivity index (χ4v) is 2.59. The molecule has 0 spiro atoms. The van der Waals surface area contributed by atoms with Gasteiger partial charge < -0.3 is 5.11 Å². The molecule has 4 nitrogen and oxygen atoms in total. The number of nitrogens with one attached hydrogen (secondary N) is 1. The minimum atomic E-state index is -0.350. The normalized spacial score (nSPS) is 10.8. The van der Waals surface area contributed by atoms with Crippen molar-refractivity contribution in [1.29, 1.82) is 0 Å². The molecule has 2 N–H and O–H groups in total. The monoisotopic (exact) mass is 434 g/mol. The summed E-state index contributed by atoms with van der Waals surface area (Å²) in [4.78, 5) is 11.9. The van der Waals surface area contributed by atoms with E-state index in [1.54, 1.807) is 18.2 Å². The molecule has 0 aliphatic carbocycles. The number of aromatic hydroxyl groups is 1. The maximum atomic E-state index is 11.9. The number of hydrogen-bond donors (Lipinski definition) is 2. The Morgan fingerprint density at radius 1 is 1.29 bits per heavy atom. The molecule has 0 fully saturated rings. The average Bonchev–Trinajstić information content (AvgIpc) is 2.43. The number of benzene rings is 2. The first kappa shape index (κ1) is 16.1. The second-order valence-electron chi connectivity index (χ2n) is 4.03. The first-order valence-electron chi connectivity index (χ1n) is 5.74. The first-order valence-corrected chi connectivity index (χ1v) is 7.58. The fraction of sp³-hybridized carbons (Fsp3) is 0. The highest BCUT2D eigenvalue weighted by molar-refractivity contribution is 14.1. The van der Waals surface area contributed by atoms with Crippen molar-refractivity contribution in [3.63, 3.8) is 0 Å². The molecule has 0 radical (unpaired) electrons. The quantitative estimate of drug-likeness (QED) is 0.434. The van der Waals surface area contributed by atoms with Gasteiger partial charge in [-0.2, -0.15) is 5.10 Å². The maximum absolute atomic E-state index is 11.9. The fourth-order valence-electron chi connectivity index (χ4n) is 1.54. The molecule has 0 saturated heterocycles. The molecule has 0 bridgehead atoms. The van der Waals surface area contributed by atoms with Crippen LogP contribution in [0.25, 0.3) is 0 Å². The van der Waals surface area contributed by atoms with Crippen molar-refractivity contribution in [3.05, 3.63) is 61.1 Å². The van der Waals surface area contributed by atoms with Crippen LogP contribution >= 0.6 is 45.8 Å². The average molecular weight is 435 g/mol. The number of nitrogens with zero attached hydrogens (tertiary/aromatic N) is 1. The summed E-state index contributed by atoms with van der Waals surface area (Å²) in [5.74, 6) is -0.495. The minimum Gasteiger partial charge on any atom is -0.506 e. The van der Waals surface area contributed by atoms with Gasteiger partial charge in [0.25, 0.3) is 5.91 Å². The third-order valence-corrected chi connectivity index (χ3v) is 3.69. The molecule has 108 valence electrons. The van der Waals surface area contributed by atoms with E-state index >= 15 is 0 Å². The Labute approximate surface area is 144 Å². The Morgan fingerprint density at radius 3 is 2.76 bits per heavy atom. The van der Waals surface area contributed by atoms with Crippen LogP contribution in [0.4, 0.5) is 0 Å². The van der Waals surface area contributed by atoms with Crippen LogP contribution in [0.15, 0.2) is 41.5 Å². The van der Waals surface area contributed by atoms with Gasteiger partial charge in [0.15, 0.2) is 0 Å². The Balaban J connectivity index is 2.11. The van der Waals surface area contributed by atoms with Gasteiger partial charge in [0.05, 0.1) is 11.2 Å². The molecule has 0 atom stereocenters. The summed E-state index contributed by atoms with van der Waals surface area (Å²) in [6.07, 6.45) is 1.28. The largest absolute Gasteiger partial charge is 0.506 e. The van der Waals surface area contributed by atoms with Gasteiger partial charge >= 0.3 is 0 Å². The third kappa shape index (κ3) is 4.33. The summed E-state index contributed by atoms with van der Waals surface area (Å²) in [5.41, 5.74) is 3.18. The molecule has 21 heavy (non-hydrogen) atoms. The van der Waals surface area contributed by atoms with Crippen LogP contribution in [0.5, 0.6) is 5.75 Å². The van der Waals surface area contributed by atoms with Gasteiger partial charge in [-0.1, -0.05) is 29.3 Å². The van der Waals surface area contributed by atoms with Crippen LogP contribution in [0.3, 0.4) is 0 Å². The van der Waals surface area contributed by atoms with Crippen molar-refractivity contribution in [2.45, 2.75) is 0 Å². The van der Waals surface area contributed by atoms with Gasteiger partial charge in [0, 0.05) is 19.7 Å². The van der Waals surface area contributed by atoms with Crippen LogP contribution in [0, 0.1) is 3.57 Å². The van der Waals surface area contributed by atoms with E-state index in [0.29, 0.717) is 16.1 Å². The molecule has 0 aromatic heterocycles. The molecule has 2 rings (SSSR count). The van der Waals surface area contributed by atoms with Crippen molar-refractivity contribution >= 4 is 57.9 Å². The van der Waals surface area contributed by atoms with Crippen LogP contribution < -0.4 is 5.43 Å². The summed E-state index contributed by atoms with van der Waals surface area (Å²) in [6.45, 7) is 0. The van der Waals surface area contributed by atoms with Crippen molar-refractivity contribution in [2.75, 3.05) is 0 Å². The molecular formula is C14H9Cl2IN2O2. The van der Waals surface area contributed by atoms with Gasteiger partial charge in [-0.15, -0.1) is 0 Å². The number of amides is 1. The van der Waals surface area contributed by atoms with E-state index in [4.69, 9.17) is 23.2 Å². The van der Waals surface area contributed by atoms with Crippen molar-refractivity contribution in [3.8, 4) is 5.75 Å². The summed E-state index contributed by atoms with van der Waals surface area (Å²) < 4.78 is 0.948. The summed E-state index contributed by atoms with van der Waals surface area (Å²) in [6, 6.07) is 9.99. The van der Waals surface area contributed by atoms with Crippen LogP contribution in [0.2, 0.25) is 10.0 Å². The summed E-state index contributed by atoms with van der Waals surface area (Å²) in [7, 11) is 0. The highest BCUT2D eigenvalue weighted by atomic mass is 127. The Bertz CT molecular complexity index is 720. The number of phenolic OH excluding ortho intramolecular Hbond substituents is 1. The Hall–Kier alpha value is -1.31. The van der Waals surface area contributed by atoms with Crippen LogP contribution in [0.1, 0.15) is 15.9 Å². The molecular weight excluding hydrogens is 426 g/mol. The molecule has 2 aromatic rings. The first-order chi connectivity index (χ1) is 9.97. The zero-order valence-electron chi connectivity index (χ0n) is 10.5. The lowest BCUT2D eigenvalue weighted by molar-refractivity contribution is 0.0955. The van der Waals surface area contributed by atoms with Gasteiger partial charge in [-0.05, 0) is 52.9 Å². The van der Waals surface area contributed by atoms with E-state index in [-0.39, 0.29) is 16.7 Å². The molecule has 0 aliphatic heterocycles. The van der Waals surface area contributed by atoms with E-state index in [0.717, 1.165) is 3.57 Å². The molecule has 2 aromatic carbocycles. The van der Waals surface area contributed by atoms with Gasteiger partial charge in [-0.3, -0.25) is 4.79 Å². The zero-order chi connectivity index (χ0) is 15.4. The van der Waals surface area contributed by atoms with E-state index in [2.05, 4.69) is 33.1 Å². The predicted octanol–water partition coefficient (Wildman–Crippen LogP) is 4.07. The molecule has 0 unspecified atom stereocenters. The van der Waals surface area contributed by atoms with Gasteiger partial charge in [-0.25, -0.2) is 5.43 Å². The van der Waals surface area contributed by atoms with Crippen molar-refractivity contribution in [2.24, 2.45) is 5.10 Å². The lowest BCUT2D eigenvalue weighted by Gasteiger charge is -2.03. The third-order valence-electron chi connectivity index (χ3n) is 2.51. The van der Waals surface area contributed by atoms with E-state index in [9.17, 15) is 9.90 Å². The number of rotatable bonds is 3. The highest BCUT2D eigenvalue weighted by Gasteiger charge is 2.07. The number of hydrazone groups is 1. The molecule has 0 heterocycles. The van der Waals surface area contributed by atoms with Crippen molar-refractivity contribution < 1.29 is 9.90 Å². The highest BCUT2D eigenvalue weighted by Crippen LogP contribution is 2.29. The second kappa shape index (κ2) is 7.11. The lowest BCUT2D eigenvalue weighted by Crippen LogP contribution is -2.17. The van der Waals surface area contributed by atoms with E-state index in [1.165, 1.54) is 18.3 Å². The number of carbonyl (C=O) groups excluding carboxylic acids is 1. The predicted molar refractivity (Wildman–Crippen MR) is 92.3 cm³/mol. The SMILES string of the molecule is O=C(N/N=C/c1cc(Cl)cc(Cl)c1O)c1cccc(I)c1. The maximum Gasteiger partial charge on any atom is 0.271 e. The summed E-state index contributed by atoms with van der Waals surface area (Å²) in [5, 5.41) is 14.0. The molecule has 0 saturated carbocycles. The number of carbonyl (C=O) groups is 1. The second-order valence-corrected chi connectivity index (χ2v) is 6.12. The summed E-state index contributed by atoms with van der Waals surface area (Å²) >= 11 is 13.7. The van der Waals surface area contributed by atoms with Crippen LogP contribution in [-0.4, -0.2) is 17.2 Å². The molecule has 0 aliphatic rings. The lowest BCUT2D eigenvalue weighted by atomic mass is 10.2. The smallest absolute Gasteiger partial charge is 0.271 e. The van der Waals surface area contributed by atoms with Crippen LogP contribution in [-0.2, 0) is 0 Å². The number of hydrogen-bond acceptors (Lipinski definition) is 3. The van der Waals surface area contributed by atoms with Gasteiger partial charge in [0.1, 0.15) is 5.75 Å². The number of phenols is 1. The van der Waals surface area contributed by atoms with Crippen molar-refractivity contribution in [1.82, 2.24) is 5.43 Å². The topological polar surface area (TPSA) is 61.7 Å².